The van der Waals surface area contributed by atoms with E-state index in [-0.39, 0.29) is 0 Å². The van der Waals surface area contributed by atoms with Gasteiger partial charge in [0.15, 0.2) is 0 Å². The first-order chi connectivity index (χ1) is 8.22. The van der Waals surface area contributed by atoms with Gasteiger partial charge in [0, 0.05) is 19.2 Å². The zero-order chi connectivity index (χ0) is 12.3. The minimum absolute atomic E-state index is 0.441. The lowest BCUT2D eigenvalue weighted by Crippen LogP contribution is -2.39. The van der Waals surface area contributed by atoms with Gasteiger partial charge in [0.25, 0.3) is 0 Å². The molecule has 17 heavy (non-hydrogen) atoms. The average Bonchev–Trinajstić information content (AvgIpc) is 2.72. The summed E-state index contributed by atoms with van der Waals surface area (Å²) in [6.45, 7) is 5.28. The van der Waals surface area contributed by atoms with Crippen molar-refractivity contribution in [2.45, 2.75) is 38.8 Å². The highest BCUT2D eigenvalue weighted by molar-refractivity contribution is 5.34. The summed E-state index contributed by atoms with van der Waals surface area (Å²) in [5, 5.41) is 3.75. The molecule has 2 rings (SSSR count). The standard InChI is InChI=1S/C15H23NO/c1-11(2)15(10-17-3)16-14-9-8-12-6-4-5-7-13(12)14/h4-7,11,14-16H,8-10H2,1-3H3. The van der Waals surface area contributed by atoms with Gasteiger partial charge >= 0.3 is 0 Å². The van der Waals surface area contributed by atoms with Crippen molar-refractivity contribution in [3.8, 4) is 0 Å². The number of ether oxygens (including phenoxy) is 1. The third-order valence-electron chi connectivity index (χ3n) is 3.70. The first-order valence-electron chi connectivity index (χ1n) is 6.55. The predicted molar refractivity (Wildman–Crippen MR) is 71.1 cm³/mol. The van der Waals surface area contributed by atoms with E-state index in [9.17, 15) is 0 Å². The van der Waals surface area contributed by atoms with Crippen LogP contribution in [0.25, 0.3) is 0 Å². The molecule has 0 bridgehead atoms. The zero-order valence-electron chi connectivity index (χ0n) is 11.1. The van der Waals surface area contributed by atoms with Crippen LogP contribution in [-0.4, -0.2) is 19.8 Å². The number of hydrogen-bond donors (Lipinski definition) is 1. The number of fused-ring (bicyclic) bond motifs is 1. The summed E-state index contributed by atoms with van der Waals surface area (Å²) in [7, 11) is 1.78. The number of hydrogen-bond acceptors (Lipinski definition) is 2. The Labute approximate surface area is 104 Å². The van der Waals surface area contributed by atoms with Crippen LogP contribution in [-0.2, 0) is 11.2 Å². The molecule has 1 aliphatic rings. The maximum absolute atomic E-state index is 5.30. The van der Waals surface area contributed by atoms with Crippen LogP contribution in [0.3, 0.4) is 0 Å². The average molecular weight is 233 g/mol. The summed E-state index contributed by atoms with van der Waals surface area (Å²) in [5.41, 5.74) is 2.99. The topological polar surface area (TPSA) is 21.3 Å². The third kappa shape index (κ3) is 2.88. The van der Waals surface area contributed by atoms with E-state index < -0.39 is 0 Å². The second-order valence-electron chi connectivity index (χ2n) is 5.26. The van der Waals surface area contributed by atoms with Crippen LogP contribution < -0.4 is 5.32 Å². The van der Waals surface area contributed by atoms with E-state index in [1.807, 2.05) is 0 Å². The van der Waals surface area contributed by atoms with Crippen molar-refractivity contribution >= 4 is 0 Å². The Balaban J connectivity index is 2.05. The molecule has 2 unspecified atom stereocenters. The molecule has 2 atom stereocenters. The summed E-state index contributed by atoms with van der Waals surface area (Å²) < 4.78 is 5.30. The Morgan fingerprint density at radius 3 is 2.82 bits per heavy atom. The molecule has 0 heterocycles. The van der Waals surface area contributed by atoms with Gasteiger partial charge in [-0.2, -0.15) is 0 Å². The first-order valence-corrected chi connectivity index (χ1v) is 6.55. The van der Waals surface area contributed by atoms with E-state index in [1.165, 1.54) is 24.0 Å². The number of methoxy groups -OCH3 is 1. The van der Waals surface area contributed by atoms with Crippen LogP contribution in [0.15, 0.2) is 24.3 Å². The molecule has 94 valence electrons. The Hall–Kier alpha value is -0.860. The molecule has 1 aromatic carbocycles. The van der Waals surface area contributed by atoms with Crippen LogP contribution >= 0.6 is 0 Å². The fourth-order valence-corrected chi connectivity index (χ4v) is 2.60. The number of nitrogens with one attached hydrogen (secondary N) is 1. The van der Waals surface area contributed by atoms with Gasteiger partial charge in [-0.3, -0.25) is 0 Å². The lowest BCUT2D eigenvalue weighted by Gasteiger charge is -2.26. The molecule has 0 saturated carbocycles. The van der Waals surface area contributed by atoms with Crippen LogP contribution in [0.2, 0.25) is 0 Å². The highest BCUT2D eigenvalue weighted by Gasteiger charge is 2.25. The van der Waals surface area contributed by atoms with Gasteiger partial charge in [-0.05, 0) is 29.9 Å². The van der Waals surface area contributed by atoms with Crippen LogP contribution in [0.4, 0.5) is 0 Å². The smallest absolute Gasteiger partial charge is 0.0618 e. The number of rotatable bonds is 5. The lowest BCUT2D eigenvalue weighted by molar-refractivity contribution is 0.140. The van der Waals surface area contributed by atoms with E-state index >= 15 is 0 Å². The largest absolute Gasteiger partial charge is 0.383 e. The zero-order valence-corrected chi connectivity index (χ0v) is 11.1. The molecule has 0 amide bonds. The van der Waals surface area contributed by atoms with E-state index in [0.717, 1.165) is 6.61 Å². The van der Waals surface area contributed by atoms with E-state index in [2.05, 4.69) is 43.4 Å². The van der Waals surface area contributed by atoms with Gasteiger partial charge in [-0.1, -0.05) is 38.1 Å². The second-order valence-corrected chi connectivity index (χ2v) is 5.26. The van der Waals surface area contributed by atoms with Gasteiger partial charge in [0.05, 0.1) is 6.61 Å². The molecule has 0 spiro atoms. The molecule has 0 aliphatic heterocycles. The molecule has 1 aromatic rings. The molecular formula is C15H23NO. The quantitative estimate of drug-likeness (QED) is 0.844. The van der Waals surface area contributed by atoms with Crippen LogP contribution in [0, 0.1) is 5.92 Å². The molecule has 0 aromatic heterocycles. The monoisotopic (exact) mass is 233 g/mol. The molecule has 0 radical (unpaired) electrons. The van der Waals surface area contributed by atoms with Gasteiger partial charge in [0.1, 0.15) is 0 Å². The van der Waals surface area contributed by atoms with Crippen molar-refractivity contribution in [1.82, 2.24) is 5.32 Å². The highest BCUT2D eigenvalue weighted by Crippen LogP contribution is 2.31. The Kier molecular flexibility index (Phi) is 4.19. The molecule has 2 heteroatoms. The fourth-order valence-electron chi connectivity index (χ4n) is 2.60. The lowest BCUT2D eigenvalue weighted by atomic mass is 10.0. The van der Waals surface area contributed by atoms with E-state index in [4.69, 9.17) is 4.74 Å². The number of aryl methyl sites for hydroxylation is 1. The fraction of sp³-hybridized carbons (Fsp3) is 0.600. The van der Waals surface area contributed by atoms with Crippen LogP contribution in [0.1, 0.15) is 37.4 Å². The third-order valence-corrected chi connectivity index (χ3v) is 3.70. The van der Waals surface area contributed by atoms with Crippen molar-refractivity contribution < 1.29 is 4.74 Å². The Morgan fingerprint density at radius 2 is 2.12 bits per heavy atom. The molecule has 1 N–H and O–H groups in total. The van der Waals surface area contributed by atoms with Gasteiger partial charge in [-0.15, -0.1) is 0 Å². The Morgan fingerprint density at radius 1 is 1.35 bits per heavy atom. The van der Waals surface area contributed by atoms with Crippen molar-refractivity contribution in [3.05, 3.63) is 35.4 Å². The molecule has 0 fully saturated rings. The maximum atomic E-state index is 5.30. The van der Waals surface area contributed by atoms with Crippen molar-refractivity contribution in [1.29, 1.82) is 0 Å². The minimum atomic E-state index is 0.441. The van der Waals surface area contributed by atoms with Crippen LogP contribution in [0.5, 0.6) is 0 Å². The van der Waals surface area contributed by atoms with Crippen molar-refractivity contribution in [3.63, 3.8) is 0 Å². The Bertz CT molecular complexity index is 362. The van der Waals surface area contributed by atoms with Gasteiger partial charge in [0.2, 0.25) is 0 Å². The predicted octanol–water partition coefficient (Wildman–Crippen LogP) is 2.93. The van der Waals surface area contributed by atoms with Gasteiger partial charge in [-0.25, -0.2) is 0 Å². The molecule has 1 aliphatic carbocycles. The molecule has 0 saturated heterocycles. The maximum Gasteiger partial charge on any atom is 0.0618 e. The second kappa shape index (κ2) is 5.65. The minimum Gasteiger partial charge on any atom is -0.383 e. The summed E-state index contributed by atoms with van der Waals surface area (Å²) >= 11 is 0. The molecule has 2 nitrogen and oxygen atoms in total. The molecular weight excluding hydrogens is 210 g/mol. The summed E-state index contributed by atoms with van der Waals surface area (Å²) in [5.74, 6) is 0.600. The van der Waals surface area contributed by atoms with Crippen molar-refractivity contribution in [2.24, 2.45) is 5.92 Å². The normalized spacial score (nSPS) is 20.6. The highest BCUT2D eigenvalue weighted by atomic mass is 16.5. The van der Waals surface area contributed by atoms with Crippen molar-refractivity contribution in [2.75, 3.05) is 13.7 Å². The van der Waals surface area contributed by atoms with E-state index in [0.29, 0.717) is 18.0 Å². The summed E-state index contributed by atoms with van der Waals surface area (Å²) in [6, 6.07) is 9.72. The summed E-state index contributed by atoms with van der Waals surface area (Å²) in [6.07, 6.45) is 2.41. The van der Waals surface area contributed by atoms with E-state index in [1.54, 1.807) is 7.11 Å². The summed E-state index contributed by atoms with van der Waals surface area (Å²) in [4.78, 5) is 0. The number of benzene rings is 1. The first kappa shape index (κ1) is 12.6. The SMILES string of the molecule is COCC(NC1CCc2ccccc21)C(C)C. The van der Waals surface area contributed by atoms with Gasteiger partial charge < -0.3 is 10.1 Å².